The minimum absolute atomic E-state index is 0.244. The largest absolute Gasteiger partial charge is 0.311 e. The zero-order valence-electron chi connectivity index (χ0n) is 13.3. The van der Waals surface area contributed by atoms with Crippen molar-refractivity contribution >= 4 is 0 Å². The van der Waals surface area contributed by atoms with Crippen LogP contribution < -0.4 is 5.32 Å². The lowest BCUT2D eigenvalue weighted by Gasteiger charge is -2.42. The van der Waals surface area contributed by atoms with Gasteiger partial charge in [-0.3, -0.25) is 0 Å². The van der Waals surface area contributed by atoms with Crippen LogP contribution in [0.4, 0.5) is 0 Å². The Morgan fingerprint density at radius 3 is 2.22 bits per heavy atom. The molecular weight excluding hydrogens is 220 g/mol. The van der Waals surface area contributed by atoms with Gasteiger partial charge in [0.25, 0.3) is 0 Å². The molecule has 1 aliphatic carbocycles. The van der Waals surface area contributed by atoms with Gasteiger partial charge in [-0.1, -0.05) is 26.2 Å². The molecule has 0 aromatic carbocycles. The summed E-state index contributed by atoms with van der Waals surface area (Å²) in [5.41, 5.74) is 0.767. The second-order valence-electron chi connectivity index (χ2n) is 7.40. The van der Waals surface area contributed by atoms with Crippen LogP contribution in [0.2, 0.25) is 0 Å². The molecule has 2 nitrogen and oxygen atoms in total. The molecule has 0 amide bonds. The Morgan fingerprint density at radius 2 is 1.72 bits per heavy atom. The van der Waals surface area contributed by atoms with E-state index >= 15 is 0 Å². The van der Waals surface area contributed by atoms with Crippen LogP contribution in [0.3, 0.4) is 0 Å². The van der Waals surface area contributed by atoms with Crippen molar-refractivity contribution in [3.63, 3.8) is 0 Å². The predicted molar refractivity (Wildman–Crippen MR) is 81.1 cm³/mol. The van der Waals surface area contributed by atoms with Crippen molar-refractivity contribution in [3.8, 4) is 0 Å². The summed E-state index contributed by atoms with van der Waals surface area (Å²) in [7, 11) is 2.29. The Hall–Kier alpha value is -0.0800. The molecule has 18 heavy (non-hydrogen) atoms. The van der Waals surface area contributed by atoms with Crippen LogP contribution in [0.1, 0.15) is 66.2 Å². The standard InChI is InChI=1S/C16H34N2/c1-6-12-18(5)14-16(10-8-7-9-11-16)13-17-15(2,3)4/h17H,6-14H2,1-5H3. The highest BCUT2D eigenvalue weighted by atomic mass is 15.1. The molecule has 108 valence electrons. The number of rotatable bonds is 6. The molecule has 0 atom stereocenters. The van der Waals surface area contributed by atoms with E-state index in [4.69, 9.17) is 0 Å². The van der Waals surface area contributed by atoms with Gasteiger partial charge in [0.2, 0.25) is 0 Å². The molecule has 1 aliphatic rings. The SMILES string of the molecule is CCCN(C)CC1(CNC(C)(C)C)CCCCC1. The second-order valence-corrected chi connectivity index (χ2v) is 7.40. The van der Waals surface area contributed by atoms with Gasteiger partial charge in [0, 0.05) is 18.6 Å². The van der Waals surface area contributed by atoms with Crippen LogP contribution in [-0.2, 0) is 0 Å². The molecular formula is C16H34N2. The van der Waals surface area contributed by atoms with Gasteiger partial charge in [-0.25, -0.2) is 0 Å². The molecule has 1 rings (SSSR count). The molecule has 2 heteroatoms. The molecule has 1 fully saturated rings. The minimum atomic E-state index is 0.244. The summed E-state index contributed by atoms with van der Waals surface area (Å²) >= 11 is 0. The van der Waals surface area contributed by atoms with E-state index < -0.39 is 0 Å². The highest BCUT2D eigenvalue weighted by Gasteiger charge is 2.33. The molecule has 1 N–H and O–H groups in total. The first-order valence-electron chi connectivity index (χ1n) is 7.80. The van der Waals surface area contributed by atoms with Crippen LogP contribution in [0.5, 0.6) is 0 Å². The molecule has 0 unspecified atom stereocenters. The van der Waals surface area contributed by atoms with Crippen molar-refractivity contribution in [2.45, 2.75) is 71.8 Å². The molecule has 0 bridgehead atoms. The maximum Gasteiger partial charge on any atom is 0.00967 e. The lowest BCUT2D eigenvalue weighted by atomic mass is 9.73. The zero-order chi connectivity index (χ0) is 13.6. The minimum Gasteiger partial charge on any atom is -0.311 e. The van der Waals surface area contributed by atoms with Gasteiger partial charge in [-0.2, -0.15) is 0 Å². The fourth-order valence-electron chi connectivity index (χ4n) is 3.18. The van der Waals surface area contributed by atoms with E-state index in [1.165, 1.54) is 58.2 Å². The average Bonchev–Trinajstić information content (AvgIpc) is 2.27. The normalized spacial score (nSPS) is 20.3. The topological polar surface area (TPSA) is 15.3 Å². The summed E-state index contributed by atoms with van der Waals surface area (Å²) in [4.78, 5) is 2.54. The Bertz CT molecular complexity index is 224. The van der Waals surface area contributed by atoms with Crippen molar-refractivity contribution < 1.29 is 0 Å². The van der Waals surface area contributed by atoms with E-state index in [-0.39, 0.29) is 5.54 Å². The number of nitrogens with one attached hydrogen (secondary N) is 1. The summed E-state index contributed by atoms with van der Waals surface area (Å²) in [6.45, 7) is 12.8. The molecule has 0 spiro atoms. The Morgan fingerprint density at radius 1 is 1.11 bits per heavy atom. The highest BCUT2D eigenvalue weighted by molar-refractivity contribution is 4.89. The van der Waals surface area contributed by atoms with E-state index in [1.54, 1.807) is 0 Å². The van der Waals surface area contributed by atoms with Gasteiger partial charge < -0.3 is 10.2 Å². The van der Waals surface area contributed by atoms with Gasteiger partial charge in [0.1, 0.15) is 0 Å². The second kappa shape index (κ2) is 6.91. The van der Waals surface area contributed by atoms with Gasteiger partial charge >= 0.3 is 0 Å². The molecule has 0 aromatic rings. The summed E-state index contributed by atoms with van der Waals surface area (Å²) in [6.07, 6.45) is 8.36. The van der Waals surface area contributed by atoms with Gasteiger partial charge in [-0.15, -0.1) is 0 Å². The van der Waals surface area contributed by atoms with Crippen LogP contribution in [0, 0.1) is 5.41 Å². The van der Waals surface area contributed by atoms with E-state index in [1.807, 2.05) is 0 Å². The van der Waals surface area contributed by atoms with Crippen molar-refractivity contribution in [1.29, 1.82) is 0 Å². The van der Waals surface area contributed by atoms with E-state index in [0.717, 1.165) is 0 Å². The lowest BCUT2D eigenvalue weighted by Crippen LogP contribution is -2.49. The Labute approximate surface area is 115 Å². The Balaban J connectivity index is 2.57. The predicted octanol–water partition coefficient (Wildman–Crippen LogP) is 3.67. The molecule has 0 saturated heterocycles. The quantitative estimate of drug-likeness (QED) is 0.778. The summed E-state index contributed by atoms with van der Waals surface area (Å²) in [5, 5.41) is 3.75. The first-order chi connectivity index (χ1) is 8.37. The van der Waals surface area contributed by atoms with Gasteiger partial charge in [0.15, 0.2) is 0 Å². The first kappa shape index (κ1) is 16.0. The summed E-state index contributed by atoms with van der Waals surface area (Å²) in [5.74, 6) is 0. The molecule has 0 radical (unpaired) electrons. The highest BCUT2D eigenvalue weighted by Crippen LogP contribution is 2.36. The number of nitrogens with zero attached hydrogens (tertiary/aromatic N) is 1. The average molecular weight is 254 g/mol. The number of hydrogen-bond donors (Lipinski definition) is 1. The van der Waals surface area contributed by atoms with Crippen molar-refractivity contribution in [3.05, 3.63) is 0 Å². The van der Waals surface area contributed by atoms with E-state index in [9.17, 15) is 0 Å². The van der Waals surface area contributed by atoms with Crippen molar-refractivity contribution in [1.82, 2.24) is 10.2 Å². The fourth-order valence-corrected chi connectivity index (χ4v) is 3.18. The molecule has 1 saturated carbocycles. The third-order valence-corrected chi connectivity index (χ3v) is 4.12. The number of hydrogen-bond acceptors (Lipinski definition) is 2. The maximum absolute atomic E-state index is 3.75. The molecule has 0 aliphatic heterocycles. The third kappa shape index (κ3) is 5.71. The Kier molecular flexibility index (Phi) is 6.13. The van der Waals surface area contributed by atoms with Gasteiger partial charge in [0.05, 0.1) is 0 Å². The lowest BCUT2D eigenvalue weighted by molar-refractivity contribution is 0.109. The van der Waals surface area contributed by atoms with Crippen LogP contribution in [-0.4, -0.2) is 37.1 Å². The van der Waals surface area contributed by atoms with Crippen LogP contribution in [0.15, 0.2) is 0 Å². The molecule has 0 aromatic heterocycles. The monoisotopic (exact) mass is 254 g/mol. The molecule has 0 heterocycles. The van der Waals surface area contributed by atoms with Gasteiger partial charge in [-0.05, 0) is 59.0 Å². The van der Waals surface area contributed by atoms with Crippen LogP contribution >= 0.6 is 0 Å². The maximum atomic E-state index is 3.75. The van der Waals surface area contributed by atoms with Crippen LogP contribution in [0.25, 0.3) is 0 Å². The van der Waals surface area contributed by atoms with E-state index in [0.29, 0.717) is 5.41 Å². The zero-order valence-corrected chi connectivity index (χ0v) is 13.3. The third-order valence-electron chi connectivity index (χ3n) is 4.12. The summed E-state index contributed by atoms with van der Waals surface area (Å²) in [6, 6.07) is 0. The van der Waals surface area contributed by atoms with Crippen molar-refractivity contribution in [2.24, 2.45) is 5.41 Å². The smallest absolute Gasteiger partial charge is 0.00967 e. The summed E-state index contributed by atoms with van der Waals surface area (Å²) < 4.78 is 0. The van der Waals surface area contributed by atoms with Crippen molar-refractivity contribution in [2.75, 3.05) is 26.7 Å². The fraction of sp³-hybridized carbons (Fsp3) is 1.00. The van der Waals surface area contributed by atoms with E-state index in [2.05, 4.69) is 45.0 Å². The first-order valence-corrected chi connectivity index (χ1v) is 7.80.